The van der Waals surface area contributed by atoms with Crippen LogP contribution in [-0.4, -0.2) is 30.2 Å². The van der Waals surface area contributed by atoms with Crippen molar-refractivity contribution in [1.29, 1.82) is 0 Å². The van der Waals surface area contributed by atoms with Crippen LogP contribution in [0, 0.1) is 0 Å². The van der Waals surface area contributed by atoms with Gasteiger partial charge < -0.3 is 15.0 Å². The maximum atomic E-state index is 5.18. The molecule has 3 rings (SSSR count). The highest BCUT2D eigenvalue weighted by Crippen LogP contribution is 2.19. The molecule has 1 N–H and O–H groups in total. The zero-order chi connectivity index (χ0) is 15.9. The van der Waals surface area contributed by atoms with Crippen LogP contribution in [0.25, 0.3) is 0 Å². The zero-order valence-corrected chi connectivity index (χ0v) is 13.7. The van der Waals surface area contributed by atoms with Crippen LogP contribution in [0.2, 0.25) is 0 Å². The monoisotopic (exact) mass is 312 g/mol. The molecule has 2 heterocycles. The zero-order valence-electron chi connectivity index (χ0n) is 13.7. The predicted octanol–water partition coefficient (Wildman–Crippen LogP) is 3.48. The van der Waals surface area contributed by atoms with Crippen molar-refractivity contribution in [3.63, 3.8) is 0 Å². The molecule has 0 aliphatic carbocycles. The molecule has 0 amide bonds. The van der Waals surface area contributed by atoms with Crippen LogP contribution in [0.4, 0.5) is 11.6 Å². The lowest BCUT2D eigenvalue weighted by Gasteiger charge is -2.21. The van der Waals surface area contributed by atoms with Crippen LogP contribution < -0.4 is 15.0 Å². The molecule has 0 radical (unpaired) electrons. The highest BCUT2D eigenvalue weighted by molar-refractivity contribution is 5.48. The first-order valence-corrected chi connectivity index (χ1v) is 8.29. The fourth-order valence-electron chi connectivity index (χ4n) is 2.85. The van der Waals surface area contributed by atoms with Crippen molar-refractivity contribution in [2.24, 2.45) is 0 Å². The number of hydrogen-bond donors (Lipinski definition) is 1. The molecule has 1 aliphatic rings. The number of benzene rings is 1. The molecule has 0 saturated carbocycles. The summed E-state index contributed by atoms with van der Waals surface area (Å²) in [6.45, 7) is 2.92. The van der Waals surface area contributed by atoms with Crippen molar-refractivity contribution >= 4 is 11.6 Å². The summed E-state index contributed by atoms with van der Waals surface area (Å²) < 4.78 is 5.18. The minimum absolute atomic E-state index is 0.737. The fraction of sp³-hybridized carbons (Fsp3) is 0.444. The summed E-state index contributed by atoms with van der Waals surface area (Å²) in [6, 6.07) is 10.1. The molecule has 1 aromatic heterocycles. The normalized spacial score (nSPS) is 15.1. The number of anilines is 2. The van der Waals surface area contributed by atoms with Gasteiger partial charge in [-0.1, -0.05) is 25.0 Å². The Morgan fingerprint density at radius 3 is 2.48 bits per heavy atom. The van der Waals surface area contributed by atoms with Crippen molar-refractivity contribution in [2.45, 2.75) is 32.2 Å². The van der Waals surface area contributed by atoms with Gasteiger partial charge in [-0.15, -0.1) is 0 Å². The average Bonchev–Trinajstić information content (AvgIpc) is 2.90. The number of aromatic nitrogens is 2. The summed E-state index contributed by atoms with van der Waals surface area (Å²) in [6.07, 6.45) is 6.79. The molecule has 1 saturated heterocycles. The van der Waals surface area contributed by atoms with Gasteiger partial charge in [-0.3, -0.25) is 0 Å². The highest BCUT2D eigenvalue weighted by atomic mass is 16.5. The number of nitrogens with zero attached hydrogens (tertiary/aromatic N) is 3. The first-order valence-electron chi connectivity index (χ1n) is 8.29. The largest absolute Gasteiger partial charge is 0.497 e. The number of methoxy groups -OCH3 is 1. The molecule has 5 nitrogen and oxygen atoms in total. The molecule has 0 spiro atoms. The standard InChI is InChI=1S/C18H24N4O/c1-23-16-8-6-15(7-9-16)13-19-17-12-18(21-14-20-17)22-10-4-2-3-5-11-22/h6-9,12,14H,2-5,10-11,13H2,1H3,(H,19,20,21). The Hall–Kier alpha value is -2.30. The molecular formula is C18H24N4O. The van der Waals surface area contributed by atoms with Gasteiger partial charge in [-0.25, -0.2) is 9.97 Å². The second-order valence-corrected chi connectivity index (χ2v) is 5.86. The lowest BCUT2D eigenvalue weighted by molar-refractivity contribution is 0.414. The van der Waals surface area contributed by atoms with Gasteiger partial charge >= 0.3 is 0 Å². The highest BCUT2D eigenvalue weighted by Gasteiger charge is 2.11. The Labute approximate surface area is 137 Å². The second kappa shape index (κ2) is 7.81. The summed E-state index contributed by atoms with van der Waals surface area (Å²) in [5.74, 6) is 2.77. The molecule has 122 valence electrons. The molecule has 1 aliphatic heterocycles. The van der Waals surface area contributed by atoms with E-state index < -0.39 is 0 Å². The van der Waals surface area contributed by atoms with Gasteiger partial charge in [-0.2, -0.15) is 0 Å². The summed E-state index contributed by atoms with van der Waals surface area (Å²) in [5.41, 5.74) is 1.20. The van der Waals surface area contributed by atoms with Crippen molar-refractivity contribution < 1.29 is 4.74 Å². The number of ether oxygens (including phenoxy) is 1. The molecule has 23 heavy (non-hydrogen) atoms. The molecule has 0 unspecified atom stereocenters. The lowest BCUT2D eigenvalue weighted by Crippen LogP contribution is -2.25. The number of hydrogen-bond acceptors (Lipinski definition) is 5. The summed E-state index contributed by atoms with van der Waals surface area (Å²) >= 11 is 0. The second-order valence-electron chi connectivity index (χ2n) is 5.86. The average molecular weight is 312 g/mol. The summed E-state index contributed by atoms with van der Waals surface area (Å²) in [5, 5.41) is 3.37. The molecule has 0 bridgehead atoms. The van der Waals surface area contributed by atoms with E-state index in [2.05, 4.69) is 38.4 Å². The third kappa shape index (κ3) is 4.34. The van der Waals surface area contributed by atoms with E-state index in [1.165, 1.54) is 31.2 Å². The number of rotatable bonds is 5. The quantitative estimate of drug-likeness (QED) is 0.916. The molecule has 0 atom stereocenters. The third-order valence-electron chi connectivity index (χ3n) is 4.22. The van der Waals surface area contributed by atoms with Gasteiger partial charge in [0.2, 0.25) is 0 Å². The predicted molar refractivity (Wildman–Crippen MR) is 93.0 cm³/mol. The van der Waals surface area contributed by atoms with E-state index in [1.54, 1.807) is 13.4 Å². The summed E-state index contributed by atoms with van der Waals surface area (Å²) in [7, 11) is 1.68. The van der Waals surface area contributed by atoms with Crippen molar-refractivity contribution in [1.82, 2.24) is 9.97 Å². The SMILES string of the molecule is COc1ccc(CNc2cc(N3CCCCCC3)ncn2)cc1. The molecule has 1 fully saturated rings. The molecule has 1 aromatic carbocycles. The first-order chi connectivity index (χ1) is 11.3. The van der Waals surface area contributed by atoms with Crippen molar-refractivity contribution in [2.75, 3.05) is 30.4 Å². The Balaban J connectivity index is 1.62. The maximum absolute atomic E-state index is 5.18. The van der Waals surface area contributed by atoms with E-state index in [4.69, 9.17) is 4.74 Å². The first kappa shape index (κ1) is 15.6. The Kier molecular flexibility index (Phi) is 5.29. The Morgan fingerprint density at radius 2 is 1.78 bits per heavy atom. The Morgan fingerprint density at radius 1 is 1.04 bits per heavy atom. The van der Waals surface area contributed by atoms with E-state index in [9.17, 15) is 0 Å². The van der Waals surface area contributed by atoms with Crippen molar-refractivity contribution in [3.8, 4) is 5.75 Å². The van der Waals surface area contributed by atoms with Gasteiger partial charge in [-0.05, 0) is 30.5 Å². The van der Waals surface area contributed by atoms with Crippen LogP contribution in [0.15, 0.2) is 36.7 Å². The molecule has 5 heteroatoms. The minimum atomic E-state index is 0.737. The van der Waals surface area contributed by atoms with Gasteiger partial charge in [0.1, 0.15) is 23.7 Å². The lowest BCUT2D eigenvalue weighted by atomic mass is 10.2. The summed E-state index contributed by atoms with van der Waals surface area (Å²) in [4.78, 5) is 11.1. The van der Waals surface area contributed by atoms with Crippen LogP contribution in [0.1, 0.15) is 31.2 Å². The topological polar surface area (TPSA) is 50.3 Å². The number of nitrogens with one attached hydrogen (secondary N) is 1. The third-order valence-corrected chi connectivity index (χ3v) is 4.22. The Bertz CT molecular complexity index is 607. The van der Waals surface area contributed by atoms with E-state index in [0.29, 0.717) is 0 Å². The fourth-order valence-corrected chi connectivity index (χ4v) is 2.85. The molecular weight excluding hydrogens is 288 g/mol. The molecule has 2 aromatic rings. The van der Waals surface area contributed by atoms with E-state index in [1.807, 2.05) is 12.1 Å². The van der Waals surface area contributed by atoms with Crippen LogP contribution >= 0.6 is 0 Å². The van der Waals surface area contributed by atoms with Crippen LogP contribution in [-0.2, 0) is 6.54 Å². The smallest absolute Gasteiger partial charge is 0.134 e. The van der Waals surface area contributed by atoms with Crippen LogP contribution in [0.3, 0.4) is 0 Å². The van der Waals surface area contributed by atoms with Crippen LogP contribution in [0.5, 0.6) is 5.75 Å². The van der Waals surface area contributed by atoms with E-state index >= 15 is 0 Å². The van der Waals surface area contributed by atoms with Crippen molar-refractivity contribution in [3.05, 3.63) is 42.2 Å². The van der Waals surface area contributed by atoms with Gasteiger partial charge in [0.25, 0.3) is 0 Å². The minimum Gasteiger partial charge on any atom is -0.497 e. The van der Waals surface area contributed by atoms with E-state index in [-0.39, 0.29) is 0 Å². The van der Waals surface area contributed by atoms with Gasteiger partial charge in [0.05, 0.1) is 7.11 Å². The maximum Gasteiger partial charge on any atom is 0.134 e. The van der Waals surface area contributed by atoms with Gasteiger partial charge in [0.15, 0.2) is 0 Å². The van der Waals surface area contributed by atoms with E-state index in [0.717, 1.165) is 37.0 Å². The van der Waals surface area contributed by atoms with Gasteiger partial charge in [0, 0.05) is 25.7 Å².